The number of likely N-dealkylation sites (tertiary alicyclic amines) is 1. The van der Waals surface area contributed by atoms with Gasteiger partial charge in [-0.2, -0.15) is 0 Å². The fourth-order valence-electron chi connectivity index (χ4n) is 4.04. The number of urea groups is 1. The van der Waals surface area contributed by atoms with Gasteiger partial charge in [-0.05, 0) is 62.8 Å². The Labute approximate surface area is 173 Å². The number of anilines is 1. The van der Waals surface area contributed by atoms with Crippen LogP contribution in [-0.2, 0) is 16.0 Å². The number of esters is 1. The summed E-state index contributed by atoms with van der Waals surface area (Å²) >= 11 is 0. The zero-order valence-corrected chi connectivity index (χ0v) is 17.5. The van der Waals surface area contributed by atoms with E-state index in [-0.39, 0.29) is 12.0 Å². The molecule has 0 saturated carbocycles. The van der Waals surface area contributed by atoms with E-state index in [4.69, 9.17) is 4.74 Å². The van der Waals surface area contributed by atoms with E-state index in [0.717, 1.165) is 28.8 Å². The van der Waals surface area contributed by atoms with Crippen LogP contribution in [0, 0.1) is 19.3 Å². The Morgan fingerprint density at radius 3 is 2.59 bits per heavy atom. The summed E-state index contributed by atoms with van der Waals surface area (Å²) in [5.41, 5.74) is 3.36. The van der Waals surface area contributed by atoms with Gasteiger partial charge in [-0.25, -0.2) is 4.79 Å². The summed E-state index contributed by atoms with van der Waals surface area (Å²) in [5, 5.41) is 3.03. The molecule has 2 amide bonds. The second-order valence-corrected chi connectivity index (χ2v) is 7.87. The Balaban J connectivity index is 1.81. The molecule has 0 bridgehead atoms. The highest BCUT2D eigenvalue weighted by atomic mass is 16.5. The Morgan fingerprint density at radius 1 is 1.10 bits per heavy atom. The molecule has 0 radical (unpaired) electrons. The number of hydrogen-bond donors (Lipinski definition) is 1. The van der Waals surface area contributed by atoms with Crippen LogP contribution < -0.4 is 5.32 Å². The number of carbonyl (C=O) groups excluding carboxylic acids is 2. The molecule has 5 nitrogen and oxygen atoms in total. The predicted octanol–water partition coefficient (Wildman–Crippen LogP) is 4.72. The Kier molecular flexibility index (Phi) is 6.57. The third kappa shape index (κ3) is 4.78. The summed E-state index contributed by atoms with van der Waals surface area (Å²) in [5.74, 6) is -0.215. The van der Waals surface area contributed by atoms with Crippen molar-refractivity contribution in [2.24, 2.45) is 5.41 Å². The van der Waals surface area contributed by atoms with E-state index >= 15 is 0 Å². The van der Waals surface area contributed by atoms with Gasteiger partial charge in [-0.15, -0.1) is 0 Å². The number of amides is 2. The van der Waals surface area contributed by atoms with Crippen molar-refractivity contribution < 1.29 is 14.3 Å². The van der Waals surface area contributed by atoms with Gasteiger partial charge < -0.3 is 15.0 Å². The molecule has 1 N–H and O–H groups in total. The number of benzene rings is 2. The summed E-state index contributed by atoms with van der Waals surface area (Å²) in [7, 11) is 0. The summed E-state index contributed by atoms with van der Waals surface area (Å²) in [6.07, 6.45) is 2.06. The quantitative estimate of drug-likeness (QED) is 0.746. The van der Waals surface area contributed by atoms with E-state index in [2.05, 4.69) is 5.32 Å². The normalized spacial score (nSPS) is 18.9. The zero-order chi connectivity index (χ0) is 20.9. The molecule has 1 heterocycles. The minimum atomic E-state index is -0.714. The standard InChI is InChI=1S/C24H30N2O3/c1-4-29-22(27)24(16-20-11-6-5-7-12-20)14-9-15-26(17-24)23(28)25-21-13-8-10-18(2)19(21)3/h5-8,10-13H,4,9,14-17H2,1-3H3,(H,25,28)/t24-/m0/s1. The molecule has 0 unspecified atom stereocenters. The van der Waals surface area contributed by atoms with Crippen LogP contribution in [0.5, 0.6) is 0 Å². The van der Waals surface area contributed by atoms with E-state index in [1.54, 1.807) is 4.90 Å². The first-order chi connectivity index (χ1) is 13.9. The number of hydrogen-bond acceptors (Lipinski definition) is 3. The number of aryl methyl sites for hydroxylation is 1. The van der Waals surface area contributed by atoms with Crippen molar-refractivity contribution >= 4 is 17.7 Å². The second-order valence-electron chi connectivity index (χ2n) is 7.87. The molecule has 1 fully saturated rings. The lowest BCUT2D eigenvalue weighted by molar-refractivity contribution is -0.158. The highest BCUT2D eigenvalue weighted by molar-refractivity contribution is 5.91. The van der Waals surface area contributed by atoms with Gasteiger partial charge >= 0.3 is 12.0 Å². The summed E-state index contributed by atoms with van der Waals surface area (Å²) in [4.78, 5) is 27.7. The molecule has 1 aliphatic rings. The van der Waals surface area contributed by atoms with E-state index in [9.17, 15) is 9.59 Å². The largest absolute Gasteiger partial charge is 0.466 e. The zero-order valence-electron chi connectivity index (χ0n) is 17.5. The molecule has 1 atom stereocenters. The molecule has 0 aliphatic carbocycles. The molecule has 2 aromatic rings. The number of rotatable bonds is 5. The maximum Gasteiger partial charge on any atom is 0.321 e. The Morgan fingerprint density at radius 2 is 1.86 bits per heavy atom. The molecule has 2 aromatic carbocycles. The number of ether oxygens (including phenoxy) is 1. The first kappa shape index (κ1) is 20.9. The lowest BCUT2D eigenvalue weighted by Crippen LogP contribution is -2.52. The van der Waals surface area contributed by atoms with Gasteiger partial charge in [-0.1, -0.05) is 42.5 Å². The first-order valence-corrected chi connectivity index (χ1v) is 10.3. The van der Waals surface area contributed by atoms with Crippen LogP contribution in [0.2, 0.25) is 0 Å². The lowest BCUT2D eigenvalue weighted by atomic mass is 9.75. The molecular weight excluding hydrogens is 364 g/mol. The van der Waals surface area contributed by atoms with Crippen LogP contribution in [0.1, 0.15) is 36.5 Å². The highest BCUT2D eigenvalue weighted by Gasteiger charge is 2.44. The van der Waals surface area contributed by atoms with Crippen molar-refractivity contribution in [3.63, 3.8) is 0 Å². The molecular formula is C24H30N2O3. The number of nitrogens with zero attached hydrogens (tertiary/aromatic N) is 1. The highest BCUT2D eigenvalue weighted by Crippen LogP contribution is 2.35. The van der Waals surface area contributed by atoms with Gasteiger partial charge in [0, 0.05) is 18.8 Å². The average molecular weight is 395 g/mol. The summed E-state index contributed by atoms with van der Waals surface area (Å²) in [6.45, 7) is 7.17. The third-order valence-electron chi connectivity index (χ3n) is 5.80. The number of piperidine rings is 1. The molecule has 3 rings (SSSR count). The SMILES string of the molecule is CCOC(=O)[C@]1(Cc2ccccc2)CCCN(C(=O)Nc2cccc(C)c2C)C1. The van der Waals surface area contributed by atoms with E-state index < -0.39 is 5.41 Å². The van der Waals surface area contributed by atoms with Crippen molar-refractivity contribution in [3.8, 4) is 0 Å². The molecule has 29 heavy (non-hydrogen) atoms. The van der Waals surface area contributed by atoms with E-state index in [1.807, 2.05) is 69.3 Å². The minimum absolute atomic E-state index is 0.167. The monoisotopic (exact) mass is 394 g/mol. The predicted molar refractivity (Wildman–Crippen MR) is 115 cm³/mol. The van der Waals surface area contributed by atoms with Gasteiger partial charge in [0.05, 0.1) is 12.0 Å². The Bertz CT molecular complexity index is 866. The molecule has 0 spiro atoms. The topological polar surface area (TPSA) is 58.6 Å². The minimum Gasteiger partial charge on any atom is -0.466 e. The van der Waals surface area contributed by atoms with E-state index in [0.29, 0.717) is 32.5 Å². The smallest absolute Gasteiger partial charge is 0.321 e. The van der Waals surface area contributed by atoms with Crippen LogP contribution in [0.25, 0.3) is 0 Å². The average Bonchev–Trinajstić information content (AvgIpc) is 2.72. The fourth-order valence-corrected chi connectivity index (χ4v) is 4.04. The van der Waals surface area contributed by atoms with Crippen LogP contribution >= 0.6 is 0 Å². The van der Waals surface area contributed by atoms with Crippen LogP contribution in [0.4, 0.5) is 10.5 Å². The van der Waals surface area contributed by atoms with Crippen LogP contribution in [0.3, 0.4) is 0 Å². The molecule has 5 heteroatoms. The molecule has 154 valence electrons. The maximum atomic E-state index is 13.0. The number of carbonyl (C=O) groups is 2. The van der Waals surface area contributed by atoms with Gasteiger partial charge in [-0.3, -0.25) is 4.79 Å². The van der Waals surface area contributed by atoms with Crippen molar-refractivity contribution in [2.45, 2.75) is 40.0 Å². The van der Waals surface area contributed by atoms with Crippen molar-refractivity contribution in [1.82, 2.24) is 4.90 Å². The van der Waals surface area contributed by atoms with Gasteiger partial charge in [0.25, 0.3) is 0 Å². The molecule has 1 aliphatic heterocycles. The van der Waals surface area contributed by atoms with Gasteiger partial charge in [0.1, 0.15) is 0 Å². The fraction of sp³-hybridized carbons (Fsp3) is 0.417. The van der Waals surface area contributed by atoms with Gasteiger partial charge in [0.2, 0.25) is 0 Å². The first-order valence-electron chi connectivity index (χ1n) is 10.3. The van der Waals surface area contributed by atoms with Crippen LogP contribution in [0.15, 0.2) is 48.5 Å². The summed E-state index contributed by atoms with van der Waals surface area (Å²) < 4.78 is 5.44. The molecule has 0 aromatic heterocycles. The number of nitrogens with one attached hydrogen (secondary N) is 1. The van der Waals surface area contributed by atoms with Crippen molar-refractivity contribution in [1.29, 1.82) is 0 Å². The maximum absolute atomic E-state index is 13.0. The second kappa shape index (κ2) is 9.12. The van der Waals surface area contributed by atoms with Crippen LogP contribution in [-0.4, -0.2) is 36.6 Å². The van der Waals surface area contributed by atoms with Gasteiger partial charge in [0.15, 0.2) is 0 Å². The summed E-state index contributed by atoms with van der Waals surface area (Å²) in [6, 6.07) is 15.7. The van der Waals surface area contributed by atoms with Crippen molar-refractivity contribution in [2.75, 3.05) is 25.0 Å². The van der Waals surface area contributed by atoms with Crippen molar-refractivity contribution in [3.05, 3.63) is 65.2 Å². The van der Waals surface area contributed by atoms with E-state index in [1.165, 1.54) is 0 Å². The third-order valence-corrected chi connectivity index (χ3v) is 5.80. The Hall–Kier alpha value is -2.82. The lowest BCUT2D eigenvalue weighted by Gasteiger charge is -2.41. The molecule has 1 saturated heterocycles.